The molecule has 0 saturated carbocycles. The molecule has 1 saturated heterocycles. The summed E-state index contributed by atoms with van der Waals surface area (Å²) in [4.78, 5) is 17.3. The van der Waals surface area contributed by atoms with Gasteiger partial charge in [0.15, 0.2) is 11.5 Å². The first kappa shape index (κ1) is 23.4. The summed E-state index contributed by atoms with van der Waals surface area (Å²) in [7, 11) is -3.64. The van der Waals surface area contributed by atoms with Crippen molar-refractivity contribution in [3.63, 3.8) is 0 Å². The van der Waals surface area contributed by atoms with Gasteiger partial charge in [0.1, 0.15) is 6.04 Å². The number of amides is 1. The second-order valence-electron chi connectivity index (χ2n) is 8.87. The van der Waals surface area contributed by atoms with E-state index >= 15 is 0 Å². The molecule has 2 heterocycles. The third-order valence-electron chi connectivity index (χ3n) is 6.05. The minimum absolute atomic E-state index is 0.178. The number of ether oxygens (including phenoxy) is 2. The lowest BCUT2D eigenvalue weighted by Gasteiger charge is -2.38. The van der Waals surface area contributed by atoms with Crippen molar-refractivity contribution in [2.75, 3.05) is 43.5 Å². The maximum absolute atomic E-state index is 13.3. The zero-order valence-electron chi connectivity index (χ0n) is 19.6. The number of carbonyl (C=O) groups excluding carboxylic acids is 1. The standard InChI is InChI=1S/C24H31N3O5S/c1-17-11-18(2)13-21(12-17)27(33(4,29)30)19(3)24(28)26-9-7-25(8-10-26)15-20-5-6-22-23(14-20)32-16-31-22/h5-6,11-14,19H,7-10,15-16H2,1-4H3. The van der Waals surface area contributed by atoms with Crippen molar-refractivity contribution in [3.8, 4) is 11.5 Å². The zero-order chi connectivity index (χ0) is 23.8. The lowest BCUT2D eigenvalue weighted by Crippen LogP contribution is -2.55. The highest BCUT2D eigenvalue weighted by Crippen LogP contribution is 2.33. The molecule has 4 rings (SSSR count). The number of rotatable bonds is 6. The first-order valence-corrected chi connectivity index (χ1v) is 12.9. The Kier molecular flexibility index (Phi) is 6.54. The zero-order valence-corrected chi connectivity index (χ0v) is 20.4. The van der Waals surface area contributed by atoms with Crippen LogP contribution in [0.1, 0.15) is 23.6 Å². The van der Waals surface area contributed by atoms with Gasteiger partial charge in [0.2, 0.25) is 22.7 Å². The number of hydrogen-bond donors (Lipinski definition) is 0. The number of aryl methyl sites for hydroxylation is 2. The normalized spacial score (nSPS) is 17.2. The number of fused-ring (bicyclic) bond motifs is 1. The maximum Gasteiger partial charge on any atom is 0.246 e. The van der Waals surface area contributed by atoms with E-state index in [-0.39, 0.29) is 12.7 Å². The van der Waals surface area contributed by atoms with Gasteiger partial charge in [-0.2, -0.15) is 0 Å². The molecule has 33 heavy (non-hydrogen) atoms. The Morgan fingerprint density at radius 3 is 2.27 bits per heavy atom. The largest absolute Gasteiger partial charge is 0.454 e. The molecule has 0 aromatic heterocycles. The molecule has 1 fully saturated rings. The molecule has 0 bridgehead atoms. The van der Waals surface area contributed by atoms with Gasteiger partial charge < -0.3 is 14.4 Å². The molecule has 2 aliphatic rings. The van der Waals surface area contributed by atoms with E-state index in [1.807, 2.05) is 38.1 Å². The van der Waals surface area contributed by atoms with E-state index in [9.17, 15) is 13.2 Å². The van der Waals surface area contributed by atoms with Crippen LogP contribution in [0.15, 0.2) is 36.4 Å². The Balaban J connectivity index is 1.41. The lowest BCUT2D eigenvalue weighted by molar-refractivity contribution is -0.133. The lowest BCUT2D eigenvalue weighted by atomic mass is 10.1. The summed E-state index contributed by atoms with van der Waals surface area (Å²) in [6.45, 7) is 9.06. The molecule has 2 aromatic rings. The van der Waals surface area contributed by atoms with Crippen LogP contribution in [0, 0.1) is 13.8 Å². The van der Waals surface area contributed by atoms with Crippen LogP contribution < -0.4 is 13.8 Å². The first-order valence-electron chi connectivity index (χ1n) is 11.1. The quantitative estimate of drug-likeness (QED) is 0.642. The van der Waals surface area contributed by atoms with Gasteiger partial charge in [-0.3, -0.25) is 14.0 Å². The van der Waals surface area contributed by atoms with E-state index in [2.05, 4.69) is 4.90 Å². The minimum atomic E-state index is -3.64. The fourth-order valence-corrected chi connectivity index (χ4v) is 5.72. The van der Waals surface area contributed by atoms with Gasteiger partial charge in [0.25, 0.3) is 0 Å². The molecule has 0 radical (unpaired) electrons. The molecule has 1 unspecified atom stereocenters. The van der Waals surface area contributed by atoms with Gasteiger partial charge in [-0.15, -0.1) is 0 Å². The molecule has 2 aliphatic heterocycles. The number of carbonyl (C=O) groups is 1. The minimum Gasteiger partial charge on any atom is -0.454 e. The Hall–Kier alpha value is -2.78. The Labute approximate surface area is 195 Å². The molecule has 2 aromatic carbocycles. The highest BCUT2D eigenvalue weighted by molar-refractivity contribution is 7.92. The second kappa shape index (κ2) is 9.23. The van der Waals surface area contributed by atoms with Crippen LogP contribution in [0.5, 0.6) is 11.5 Å². The smallest absolute Gasteiger partial charge is 0.246 e. The van der Waals surface area contributed by atoms with E-state index in [0.29, 0.717) is 18.8 Å². The fraction of sp³-hybridized carbons (Fsp3) is 0.458. The molecular formula is C24H31N3O5S. The molecule has 9 heteroatoms. The van der Waals surface area contributed by atoms with Crippen molar-refractivity contribution in [2.45, 2.75) is 33.4 Å². The Bertz CT molecular complexity index is 1120. The van der Waals surface area contributed by atoms with E-state index < -0.39 is 16.1 Å². The third kappa shape index (κ3) is 5.25. The topological polar surface area (TPSA) is 79.4 Å². The van der Waals surface area contributed by atoms with Crippen molar-refractivity contribution in [2.24, 2.45) is 0 Å². The van der Waals surface area contributed by atoms with Crippen molar-refractivity contribution in [1.82, 2.24) is 9.80 Å². The SMILES string of the molecule is Cc1cc(C)cc(N(C(C)C(=O)N2CCN(Cc3ccc4c(c3)OCO4)CC2)S(C)(=O)=O)c1. The van der Waals surface area contributed by atoms with Crippen molar-refractivity contribution in [3.05, 3.63) is 53.1 Å². The van der Waals surface area contributed by atoms with Crippen LogP contribution in [0.25, 0.3) is 0 Å². The summed E-state index contributed by atoms with van der Waals surface area (Å²) in [6, 6.07) is 10.7. The van der Waals surface area contributed by atoms with E-state index in [1.54, 1.807) is 24.0 Å². The summed E-state index contributed by atoms with van der Waals surface area (Å²) in [5, 5.41) is 0. The summed E-state index contributed by atoms with van der Waals surface area (Å²) in [5.41, 5.74) is 3.56. The van der Waals surface area contributed by atoms with Crippen LogP contribution in [-0.2, 0) is 21.4 Å². The molecule has 0 N–H and O–H groups in total. The number of hydrogen-bond acceptors (Lipinski definition) is 6. The number of piperazine rings is 1. The van der Waals surface area contributed by atoms with Gasteiger partial charge in [-0.1, -0.05) is 12.1 Å². The highest BCUT2D eigenvalue weighted by atomic mass is 32.2. The number of sulfonamides is 1. The summed E-state index contributed by atoms with van der Waals surface area (Å²) in [5.74, 6) is 1.35. The fourth-order valence-electron chi connectivity index (χ4n) is 4.57. The molecule has 178 valence electrons. The summed E-state index contributed by atoms with van der Waals surface area (Å²) < 4.78 is 37.4. The second-order valence-corrected chi connectivity index (χ2v) is 10.7. The van der Waals surface area contributed by atoms with Crippen molar-refractivity contribution in [1.29, 1.82) is 0 Å². The molecule has 1 amide bonds. The van der Waals surface area contributed by atoms with Gasteiger partial charge in [0, 0.05) is 32.7 Å². The number of anilines is 1. The summed E-state index contributed by atoms with van der Waals surface area (Å²) in [6.07, 6.45) is 1.15. The van der Waals surface area contributed by atoms with Gasteiger partial charge in [0.05, 0.1) is 11.9 Å². The van der Waals surface area contributed by atoms with E-state index in [1.165, 1.54) is 4.31 Å². The average molecular weight is 474 g/mol. The van der Waals surface area contributed by atoms with E-state index in [4.69, 9.17) is 9.47 Å². The van der Waals surface area contributed by atoms with Gasteiger partial charge in [-0.05, 0) is 61.7 Å². The van der Waals surface area contributed by atoms with Crippen LogP contribution in [-0.4, -0.2) is 69.4 Å². The van der Waals surface area contributed by atoms with E-state index in [0.717, 1.165) is 54.1 Å². The number of benzene rings is 2. The Morgan fingerprint density at radius 2 is 1.64 bits per heavy atom. The van der Waals surface area contributed by atoms with Crippen LogP contribution in [0.2, 0.25) is 0 Å². The van der Waals surface area contributed by atoms with Gasteiger partial charge in [-0.25, -0.2) is 8.42 Å². The monoisotopic (exact) mass is 473 g/mol. The molecule has 0 spiro atoms. The number of nitrogens with zero attached hydrogens (tertiary/aromatic N) is 3. The maximum atomic E-state index is 13.3. The predicted molar refractivity (Wildman–Crippen MR) is 127 cm³/mol. The molecule has 1 atom stereocenters. The molecule has 0 aliphatic carbocycles. The van der Waals surface area contributed by atoms with Crippen LogP contribution >= 0.6 is 0 Å². The average Bonchev–Trinajstić information content (AvgIpc) is 3.20. The molecule has 8 nitrogen and oxygen atoms in total. The highest BCUT2D eigenvalue weighted by Gasteiger charge is 2.33. The third-order valence-corrected chi connectivity index (χ3v) is 7.30. The van der Waals surface area contributed by atoms with Gasteiger partial charge >= 0.3 is 0 Å². The van der Waals surface area contributed by atoms with Crippen molar-refractivity contribution >= 4 is 21.6 Å². The Morgan fingerprint density at radius 1 is 1.00 bits per heavy atom. The first-order chi connectivity index (χ1) is 15.6. The predicted octanol–water partition coefficient (Wildman–Crippen LogP) is 2.53. The van der Waals surface area contributed by atoms with Crippen LogP contribution in [0.3, 0.4) is 0 Å². The molecular weight excluding hydrogens is 442 g/mol. The summed E-state index contributed by atoms with van der Waals surface area (Å²) >= 11 is 0. The van der Waals surface area contributed by atoms with Crippen LogP contribution in [0.4, 0.5) is 5.69 Å². The van der Waals surface area contributed by atoms with Crippen molar-refractivity contribution < 1.29 is 22.7 Å².